The van der Waals surface area contributed by atoms with Crippen molar-refractivity contribution in [3.8, 4) is 10.9 Å². The van der Waals surface area contributed by atoms with E-state index in [9.17, 15) is 4.79 Å². The highest BCUT2D eigenvalue weighted by atomic mass is 35.5. The number of carbonyl (C=O) groups excluding carboxylic acids is 1. The van der Waals surface area contributed by atoms with Crippen molar-refractivity contribution >= 4 is 39.1 Å². The SMILES string of the molecule is CC(=O)NC1CC2CCC(C1)N2CCc1ccc(Oc2nc3ccc(Cl)cc3s2)cc1. The Balaban J connectivity index is 1.17. The van der Waals surface area contributed by atoms with Crippen LogP contribution < -0.4 is 10.1 Å². The van der Waals surface area contributed by atoms with Crippen LogP contribution in [0.1, 0.15) is 38.2 Å². The number of hydrogen-bond donors (Lipinski definition) is 1. The van der Waals surface area contributed by atoms with Crippen LogP contribution in [0.2, 0.25) is 5.02 Å². The van der Waals surface area contributed by atoms with E-state index in [2.05, 4.69) is 27.3 Å². The molecule has 5 nitrogen and oxygen atoms in total. The Morgan fingerprint density at radius 2 is 1.94 bits per heavy atom. The first-order chi connectivity index (χ1) is 15.0. The van der Waals surface area contributed by atoms with E-state index in [1.807, 2.05) is 30.3 Å². The summed E-state index contributed by atoms with van der Waals surface area (Å²) in [6.07, 6.45) is 5.69. The predicted molar refractivity (Wildman–Crippen MR) is 125 cm³/mol. The maximum Gasteiger partial charge on any atom is 0.279 e. The van der Waals surface area contributed by atoms with Crippen LogP contribution in [0.15, 0.2) is 42.5 Å². The number of piperidine rings is 1. The Labute approximate surface area is 191 Å². The Hall–Kier alpha value is -2.15. The Kier molecular flexibility index (Phi) is 5.87. The van der Waals surface area contributed by atoms with Crippen LogP contribution >= 0.6 is 22.9 Å². The third-order valence-electron chi connectivity index (χ3n) is 6.41. The molecule has 1 amide bonds. The van der Waals surface area contributed by atoms with Gasteiger partial charge in [0.25, 0.3) is 5.19 Å². The molecule has 0 aliphatic carbocycles. The average molecular weight is 456 g/mol. The van der Waals surface area contributed by atoms with Crippen molar-refractivity contribution in [2.75, 3.05) is 6.54 Å². The molecule has 2 unspecified atom stereocenters. The molecule has 2 atom stereocenters. The van der Waals surface area contributed by atoms with Crippen LogP contribution in [0, 0.1) is 0 Å². The van der Waals surface area contributed by atoms with Gasteiger partial charge in [-0.05, 0) is 68.0 Å². The maximum atomic E-state index is 11.4. The van der Waals surface area contributed by atoms with Crippen LogP contribution in [0.3, 0.4) is 0 Å². The zero-order valence-electron chi connectivity index (χ0n) is 17.5. The van der Waals surface area contributed by atoms with Gasteiger partial charge in [0, 0.05) is 36.6 Å². The fourth-order valence-corrected chi connectivity index (χ4v) is 6.16. The molecule has 2 aliphatic rings. The van der Waals surface area contributed by atoms with Gasteiger partial charge in [0.05, 0.1) is 10.2 Å². The molecular formula is C24H26ClN3O2S. The number of carbonyl (C=O) groups is 1. The molecule has 0 saturated carbocycles. The van der Waals surface area contributed by atoms with Gasteiger partial charge in [0.15, 0.2) is 0 Å². The van der Waals surface area contributed by atoms with Crippen LogP contribution in [0.25, 0.3) is 10.2 Å². The van der Waals surface area contributed by atoms with Gasteiger partial charge in [-0.3, -0.25) is 9.69 Å². The van der Waals surface area contributed by atoms with Gasteiger partial charge in [-0.15, -0.1) is 0 Å². The number of benzene rings is 2. The van der Waals surface area contributed by atoms with Crippen LogP contribution in [0.4, 0.5) is 0 Å². The number of hydrogen-bond acceptors (Lipinski definition) is 5. The normalized spacial score (nSPS) is 23.2. The lowest BCUT2D eigenvalue weighted by Gasteiger charge is -2.39. The fraction of sp³-hybridized carbons (Fsp3) is 0.417. The molecule has 3 heterocycles. The minimum Gasteiger partial charge on any atom is -0.431 e. The lowest BCUT2D eigenvalue weighted by atomic mass is 9.96. The molecule has 2 fully saturated rings. The smallest absolute Gasteiger partial charge is 0.279 e. The summed E-state index contributed by atoms with van der Waals surface area (Å²) in [5.41, 5.74) is 2.21. The molecule has 2 saturated heterocycles. The maximum absolute atomic E-state index is 11.4. The van der Waals surface area contributed by atoms with Gasteiger partial charge < -0.3 is 10.1 Å². The molecule has 0 spiro atoms. The Morgan fingerprint density at radius 1 is 1.19 bits per heavy atom. The standard InChI is InChI=1S/C24H26ClN3O2S/c1-15(29)26-18-13-19-5-6-20(14-18)28(19)11-10-16-2-7-21(8-3-16)30-24-27-22-9-4-17(25)12-23(22)31-24/h2-4,7-9,12,18-20H,5-6,10-11,13-14H2,1H3,(H,26,29). The number of amides is 1. The lowest BCUT2D eigenvalue weighted by molar-refractivity contribution is -0.120. The summed E-state index contributed by atoms with van der Waals surface area (Å²) in [4.78, 5) is 18.6. The lowest BCUT2D eigenvalue weighted by Crippen LogP contribution is -2.50. The van der Waals surface area contributed by atoms with E-state index in [0.29, 0.717) is 28.3 Å². The van der Waals surface area contributed by atoms with Crippen LogP contribution in [0.5, 0.6) is 10.9 Å². The second-order valence-electron chi connectivity index (χ2n) is 8.58. The predicted octanol–water partition coefficient (Wildman–Crippen LogP) is 5.42. The first-order valence-electron chi connectivity index (χ1n) is 10.9. The average Bonchev–Trinajstić information content (AvgIpc) is 3.23. The molecule has 5 rings (SSSR count). The molecule has 0 radical (unpaired) electrons. The van der Waals surface area contributed by atoms with Gasteiger partial charge in [-0.1, -0.05) is 35.1 Å². The number of thiazole rings is 1. The van der Waals surface area contributed by atoms with E-state index < -0.39 is 0 Å². The first-order valence-corrected chi connectivity index (χ1v) is 12.1. The van der Waals surface area contributed by atoms with Crippen molar-refractivity contribution in [3.05, 3.63) is 53.1 Å². The highest BCUT2D eigenvalue weighted by Gasteiger charge is 2.40. The van der Waals surface area contributed by atoms with Crippen molar-refractivity contribution < 1.29 is 9.53 Å². The third kappa shape index (κ3) is 4.71. The van der Waals surface area contributed by atoms with Crippen molar-refractivity contribution in [3.63, 3.8) is 0 Å². The highest BCUT2D eigenvalue weighted by Crippen LogP contribution is 2.36. The fourth-order valence-electron chi connectivity index (χ4n) is 5.05. The zero-order valence-corrected chi connectivity index (χ0v) is 19.1. The second-order valence-corrected chi connectivity index (χ2v) is 10.0. The van der Waals surface area contributed by atoms with Crippen molar-refractivity contribution in [1.82, 2.24) is 15.2 Å². The topological polar surface area (TPSA) is 54.5 Å². The number of aromatic nitrogens is 1. The van der Waals surface area contributed by atoms with E-state index in [0.717, 1.165) is 41.8 Å². The summed E-state index contributed by atoms with van der Waals surface area (Å²) in [6, 6.07) is 15.6. The minimum atomic E-state index is 0.0924. The molecule has 2 bridgehead atoms. The number of ether oxygens (including phenoxy) is 1. The van der Waals surface area contributed by atoms with E-state index in [4.69, 9.17) is 16.3 Å². The van der Waals surface area contributed by atoms with Crippen molar-refractivity contribution in [2.24, 2.45) is 0 Å². The number of nitrogens with one attached hydrogen (secondary N) is 1. The quantitative estimate of drug-likeness (QED) is 0.539. The molecule has 162 valence electrons. The Bertz CT molecular complexity index is 1070. The summed E-state index contributed by atoms with van der Waals surface area (Å²) in [5.74, 6) is 0.889. The summed E-state index contributed by atoms with van der Waals surface area (Å²) < 4.78 is 6.98. The van der Waals surface area contributed by atoms with Crippen molar-refractivity contribution in [2.45, 2.75) is 57.2 Å². The van der Waals surface area contributed by atoms with E-state index >= 15 is 0 Å². The van der Waals surface area contributed by atoms with Gasteiger partial charge in [-0.2, -0.15) is 0 Å². The van der Waals surface area contributed by atoms with E-state index in [1.165, 1.54) is 29.7 Å². The summed E-state index contributed by atoms with van der Waals surface area (Å²) in [5, 5.41) is 4.46. The monoisotopic (exact) mass is 455 g/mol. The van der Waals surface area contributed by atoms with Gasteiger partial charge in [-0.25, -0.2) is 4.98 Å². The van der Waals surface area contributed by atoms with Crippen LogP contribution in [-0.4, -0.2) is 40.5 Å². The molecule has 2 aliphatic heterocycles. The van der Waals surface area contributed by atoms with E-state index in [1.54, 1.807) is 6.92 Å². The second kappa shape index (κ2) is 8.77. The van der Waals surface area contributed by atoms with Gasteiger partial charge in [0.2, 0.25) is 5.91 Å². The molecular weight excluding hydrogens is 430 g/mol. The van der Waals surface area contributed by atoms with Crippen LogP contribution in [-0.2, 0) is 11.2 Å². The first kappa shape index (κ1) is 20.7. The van der Waals surface area contributed by atoms with E-state index in [-0.39, 0.29) is 5.91 Å². The molecule has 2 aromatic carbocycles. The number of nitrogens with zero attached hydrogens (tertiary/aromatic N) is 2. The number of fused-ring (bicyclic) bond motifs is 3. The highest BCUT2D eigenvalue weighted by molar-refractivity contribution is 7.20. The molecule has 31 heavy (non-hydrogen) atoms. The molecule has 1 aromatic heterocycles. The van der Waals surface area contributed by atoms with Gasteiger partial charge in [0.1, 0.15) is 5.75 Å². The van der Waals surface area contributed by atoms with Gasteiger partial charge >= 0.3 is 0 Å². The minimum absolute atomic E-state index is 0.0924. The summed E-state index contributed by atoms with van der Waals surface area (Å²) >= 11 is 7.56. The largest absolute Gasteiger partial charge is 0.431 e. The zero-order chi connectivity index (χ0) is 21.4. The Morgan fingerprint density at radius 3 is 2.65 bits per heavy atom. The van der Waals surface area contributed by atoms with Crippen molar-refractivity contribution in [1.29, 1.82) is 0 Å². The molecule has 7 heteroatoms. The number of rotatable bonds is 6. The molecule has 1 N–H and O–H groups in total. The molecule has 3 aromatic rings. The third-order valence-corrected chi connectivity index (χ3v) is 7.54. The summed E-state index contributed by atoms with van der Waals surface area (Å²) in [7, 11) is 0. The number of halogens is 1. The summed E-state index contributed by atoms with van der Waals surface area (Å²) in [6.45, 7) is 2.69.